The quantitative estimate of drug-likeness (QED) is 0.371. The van der Waals surface area contributed by atoms with Gasteiger partial charge in [0, 0.05) is 24.7 Å². The van der Waals surface area contributed by atoms with Gasteiger partial charge < -0.3 is 9.32 Å². The van der Waals surface area contributed by atoms with E-state index in [4.69, 9.17) is 4.42 Å². The van der Waals surface area contributed by atoms with Crippen LogP contribution >= 0.6 is 0 Å². The average molecular weight is 455 g/mol. The molecule has 6 heteroatoms. The molecular formula is C27H32F2N2O2. The standard InChI is InChI=1S/C27H32F2N2O2/c1-4-20(2)31(17-23-16-24(28)11-13-26(23)29)19-27(32)30(18-25-12-10-21(3)33-25)15-14-22-8-6-5-7-9-22/h5-13,16,20H,4,14-15,17-19H2,1-3H3. The maximum atomic E-state index is 14.3. The van der Waals surface area contributed by atoms with E-state index in [2.05, 4.69) is 0 Å². The Kier molecular flexibility index (Phi) is 8.78. The molecule has 3 rings (SSSR count). The molecule has 0 aliphatic heterocycles. The normalized spacial score (nSPS) is 12.2. The monoisotopic (exact) mass is 454 g/mol. The number of nitrogens with zero attached hydrogens (tertiary/aromatic N) is 2. The molecular weight excluding hydrogens is 422 g/mol. The van der Waals surface area contributed by atoms with Crippen LogP contribution in [-0.2, 0) is 24.3 Å². The van der Waals surface area contributed by atoms with Crippen molar-refractivity contribution in [2.24, 2.45) is 0 Å². The number of hydrogen-bond donors (Lipinski definition) is 0. The van der Waals surface area contributed by atoms with Crippen molar-refractivity contribution in [2.45, 2.75) is 52.7 Å². The first kappa shape index (κ1) is 24.6. The van der Waals surface area contributed by atoms with Gasteiger partial charge in [0.2, 0.25) is 5.91 Å². The van der Waals surface area contributed by atoms with E-state index in [1.165, 1.54) is 6.07 Å². The van der Waals surface area contributed by atoms with Crippen LogP contribution in [0.25, 0.3) is 0 Å². The van der Waals surface area contributed by atoms with Crippen LogP contribution < -0.4 is 0 Å². The van der Waals surface area contributed by atoms with Crippen LogP contribution in [0.1, 0.15) is 42.9 Å². The Morgan fingerprint density at radius 1 is 1.03 bits per heavy atom. The van der Waals surface area contributed by atoms with E-state index < -0.39 is 11.6 Å². The lowest BCUT2D eigenvalue weighted by Gasteiger charge is -2.31. The number of rotatable bonds is 11. The summed E-state index contributed by atoms with van der Waals surface area (Å²) in [6.45, 7) is 7.05. The van der Waals surface area contributed by atoms with E-state index in [1.54, 1.807) is 4.90 Å². The molecule has 0 saturated carbocycles. The second-order valence-electron chi connectivity index (χ2n) is 8.46. The van der Waals surface area contributed by atoms with Crippen molar-refractivity contribution in [3.8, 4) is 0 Å². The Labute approximate surface area is 194 Å². The number of carbonyl (C=O) groups excluding carboxylic acids is 1. The first-order valence-electron chi connectivity index (χ1n) is 11.4. The van der Waals surface area contributed by atoms with Crippen molar-refractivity contribution in [1.29, 1.82) is 0 Å². The Morgan fingerprint density at radius 3 is 2.45 bits per heavy atom. The molecule has 2 aromatic carbocycles. The molecule has 3 aromatic rings. The zero-order valence-electron chi connectivity index (χ0n) is 19.6. The molecule has 33 heavy (non-hydrogen) atoms. The van der Waals surface area contributed by atoms with Crippen LogP contribution in [0.3, 0.4) is 0 Å². The molecule has 1 amide bonds. The van der Waals surface area contributed by atoms with E-state index >= 15 is 0 Å². The Hall–Kier alpha value is -2.99. The number of benzene rings is 2. The molecule has 4 nitrogen and oxygen atoms in total. The maximum absolute atomic E-state index is 14.3. The lowest BCUT2D eigenvalue weighted by atomic mass is 10.1. The Morgan fingerprint density at radius 2 is 1.79 bits per heavy atom. The van der Waals surface area contributed by atoms with Gasteiger partial charge in [0.25, 0.3) is 0 Å². The van der Waals surface area contributed by atoms with Gasteiger partial charge in [0.15, 0.2) is 0 Å². The molecule has 0 aliphatic rings. The van der Waals surface area contributed by atoms with Gasteiger partial charge >= 0.3 is 0 Å². The summed E-state index contributed by atoms with van der Waals surface area (Å²) < 4.78 is 33.7. The van der Waals surface area contributed by atoms with Gasteiger partial charge in [0.05, 0.1) is 13.1 Å². The summed E-state index contributed by atoms with van der Waals surface area (Å²) in [5.74, 6) is 0.490. The third-order valence-electron chi connectivity index (χ3n) is 5.94. The van der Waals surface area contributed by atoms with Crippen LogP contribution in [0, 0.1) is 18.6 Å². The first-order valence-corrected chi connectivity index (χ1v) is 11.4. The van der Waals surface area contributed by atoms with Gasteiger partial charge in [0.1, 0.15) is 23.2 Å². The highest BCUT2D eigenvalue weighted by atomic mass is 19.1. The van der Waals surface area contributed by atoms with Crippen LogP contribution in [0.15, 0.2) is 65.1 Å². The molecule has 0 saturated heterocycles. The summed E-state index contributed by atoms with van der Waals surface area (Å²) in [7, 11) is 0. The highest BCUT2D eigenvalue weighted by Gasteiger charge is 2.23. The summed E-state index contributed by atoms with van der Waals surface area (Å²) >= 11 is 0. The number of carbonyl (C=O) groups is 1. The Balaban J connectivity index is 1.76. The lowest BCUT2D eigenvalue weighted by Crippen LogP contribution is -2.43. The molecule has 0 N–H and O–H groups in total. The predicted octanol–water partition coefficient (Wildman–Crippen LogP) is 5.74. The lowest BCUT2D eigenvalue weighted by molar-refractivity contribution is -0.134. The predicted molar refractivity (Wildman–Crippen MR) is 126 cm³/mol. The zero-order chi connectivity index (χ0) is 23.8. The number of hydrogen-bond acceptors (Lipinski definition) is 3. The molecule has 1 unspecified atom stereocenters. The van der Waals surface area contributed by atoms with Gasteiger partial charge in [-0.3, -0.25) is 9.69 Å². The Bertz CT molecular complexity index is 1040. The van der Waals surface area contributed by atoms with Crippen LogP contribution in [0.4, 0.5) is 8.78 Å². The van der Waals surface area contributed by atoms with Gasteiger partial charge in [-0.2, -0.15) is 0 Å². The second-order valence-corrected chi connectivity index (χ2v) is 8.46. The molecule has 0 fully saturated rings. The maximum Gasteiger partial charge on any atom is 0.237 e. The van der Waals surface area contributed by atoms with Crippen molar-refractivity contribution in [2.75, 3.05) is 13.1 Å². The van der Waals surface area contributed by atoms with Crippen molar-refractivity contribution in [3.63, 3.8) is 0 Å². The first-order chi connectivity index (χ1) is 15.9. The van der Waals surface area contributed by atoms with Gasteiger partial charge in [-0.05, 0) is 62.6 Å². The number of halogens is 2. The van der Waals surface area contributed by atoms with Gasteiger partial charge in [-0.1, -0.05) is 37.3 Å². The smallest absolute Gasteiger partial charge is 0.237 e. The molecule has 1 aromatic heterocycles. The second kappa shape index (κ2) is 11.8. The summed E-state index contributed by atoms with van der Waals surface area (Å²) in [6.07, 6.45) is 1.50. The summed E-state index contributed by atoms with van der Waals surface area (Å²) in [6, 6.07) is 17.2. The summed E-state index contributed by atoms with van der Waals surface area (Å²) in [5.41, 5.74) is 1.40. The molecule has 1 atom stereocenters. The largest absolute Gasteiger partial charge is 0.464 e. The third kappa shape index (κ3) is 7.26. The molecule has 176 valence electrons. The van der Waals surface area contributed by atoms with E-state index in [9.17, 15) is 13.6 Å². The minimum Gasteiger partial charge on any atom is -0.464 e. The minimum atomic E-state index is -0.487. The van der Waals surface area contributed by atoms with Gasteiger partial charge in [-0.25, -0.2) is 8.78 Å². The summed E-state index contributed by atoms with van der Waals surface area (Å²) in [4.78, 5) is 17.1. The summed E-state index contributed by atoms with van der Waals surface area (Å²) in [5, 5.41) is 0. The molecule has 0 spiro atoms. The molecule has 0 radical (unpaired) electrons. The number of furan rings is 1. The van der Waals surface area contributed by atoms with E-state index in [0.29, 0.717) is 19.5 Å². The van der Waals surface area contributed by atoms with Crippen molar-refractivity contribution in [3.05, 3.63) is 94.9 Å². The average Bonchev–Trinajstić information content (AvgIpc) is 3.23. The highest BCUT2D eigenvalue weighted by molar-refractivity contribution is 5.78. The van der Waals surface area contributed by atoms with Crippen LogP contribution in [0.5, 0.6) is 0 Å². The number of aryl methyl sites for hydroxylation is 1. The van der Waals surface area contributed by atoms with Crippen LogP contribution in [0.2, 0.25) is 0 Å². The molecule has 0 aliphatic carbocycles. The van der Waals surface area contributed by atoms with E-state index in [1.807, 2.05) is 68.1 Å². The molecule has 0 bridgehead atoms. The third-order valence-corrected chi connectivity index (χ3v) is 5.94. The molecule has 1 heterocycles. The highest BCUT2D eigenvalue weighted by Crippen LogP contribution is 2.17. The van der Waals surface area contributed by atoms with Crippen molar-refractivity contribution >= 4 is 5.91 Å². The SMILES string of the molecule is CCC(C)N(CC(=O)N(CCc1ccccc1)Cc1ccc(C)o1)Cc1cc(F)ccc1F. The van der Waals surface area contributed by atoms with Crippen molar-refractivity contribution < 1.29 is 18.0 Å². The van der Waals surface area contributed by atoms with E-state index in [-0.39, 0.29) is 30.6 Å². The van der Waals surface area contributed by atoms with Gasteiger partial charge in [-0.15, -0.1) is 0 Å². The fourth-order valence-electron chi connectivity index (χ4n) is 3.74. The number of amides is 1. The van der Waals surface area contributed by atoms with E-state index in [0.717, 1.165) is 35.6 Å². The van der Waals surface area contributed by atoms with Crippen LogP contribution in [-0.4, -0.2) is 34.8 Å². The zero-order valence-corrected chi connectivity index (χ0v) is 19.6. The fraction of sp³-hybridized carbons (Fsp3) is 0.370. The minimum absolute atomic E-state index is 0.0263. The topological polar surface area (TPSA) is 36.7 Å². The van der Waals surface area contributed by atoms with Crippen molar-refractivity contribution in [1.82, 2.24) is 9.80 Å². The fourth-order valence-corrected chi connectivity index (χ4v) is 3.74.